The number of carbonyl (C=O) groups excluding carboxylic acids is 1. The fraction of sp³-hybridized carbons (Fsp3) is 0.429. The van der Waals surface area contributed by atoms with Crippen LogP contribution in [0.15, 0.2) is 12.3 Å². The average molecular weight is 151 g/mol. The second-order valence-electron chi connectivity index (χ2n) is 2.58. The number of rotatable bonds is 0. The summed E-state index contributed by atoms with van der Waals surface area (Å²) in [6.07, 6.45) is 2.61. The van der Waals surface area contributed by atoms with Gasteiger partial charge in [-0.2, -0.15) is 5.10 Å². The Morgan fingerprint density at radius 1 is 1.64 bits per heavy atom. The summed E-state index contributed by atoms with van der Waals surface area (Å²) in [5.41, 5.74) is 1.13. The van der Waals surface area contributed by atoms with Crippen LogP contribution < -0.4 is 5.32 Å². The first kappa shape index (κ1) is 6.39. The molecule has 4 nitrogen and oxygen atoms in total. The zero-order valence-electron chi connectivity index (χ0n) is 6.08. The SMILES string of the molecule is O=C1Cn2nccc2CCN1. The molecule has 0 saturated heterocycles. The minimum atomic E-state index is 0.0486. The normalized spacial score (nSPS) is 16.9. The molecule has 1 aromatic heterocycles. The molecule has 1 aliphatic heterocycles. The van der Waals surface area contributed by atoms with Gasteiger partial charge in [0.25, 0.3) is 0 Å². The van der Waals surface area contributed by atoms with E-state index in [4.69, 9.17) is 0 Å². The maximum Gasteiger partial charge on any atom is 0.241 e. The van der Waals surface area contributed by atoms with Crippen molar-refractivity contribution in [2.75, 3.05) is 6.54 Å². The van der Waals surface area contributed by atoms with Crippen molar-refractivity contribution in [1.82, 2.24) is 15.1 Å². The molecule has 0 unspecified atom stereocenters. The zero-order valence-corrected chi connectivity index (χ0v) is 6.08. The van der Waals surface area contributed by atoms with Crippen LogP contribution in [0.25, 0.3) is 0 Å². The Morgan fingerprint density at radius 3 is 3.45 bits per heavy atom. The summed E-state index contributed by atoms with van der Waals surface area (Å²) < 4.78 is 1.74. The van der Waals surface area contributed by atoms with Gasteiger partial charge < -0.3 is 5.32 Å². The van der Waals surface area contributed by atoms with Crippen molar-refractivity contribution in [1.29, 1.82) is 0 Å². The molecule has 4 heteroatoms. The predicted octanol–water partition coefficient (Wildman–Crippen LogP) is -0.445. The van der Waals surface area contributed by atoms with Gasteiger partial charge in [-0.05, 0) is 6.07 Å². The van der Waals surface area contributed by atoms with Gasteiger partial charge in [0.15, 0.2) is 0 Å². The highest BCUT2D eigenvalue weighted by molar-refractivity contribution is 5.76. The Bertz CT molecular complexity index is 279. The van der Waals surface area contributed by atoms with E-state index in [0.717, 1.165) is 18.7 Å². The first-order valence-corrected chi connectivity index (χ1v) is 3.63. The van der Waals surface area contributed by atoms with E-state index in [1.54, 1.807) is 10.9 Å². The molecule has 0 radical (unpaired) electrons. The lowest BCUT2D eigenvalue weighted by molar-refractivity contribution is -0.121. The number of nitrogens with one attached hydrogen (secondary N) is 1. The van der Waals surface area contributed by atoms with Crippen LogP contribution in [-0.2, 0) is 17.8 Å². The minimum Gasteiger partial charge on any atom is -0.354 e. The number of hydrogen-bond acceptors (Lipinski definition) is 2. The van der Waals surface area contributed by atoms with E-state index in [1.807, 2.05) is 6.07 Å². The summed E-state index contributed by atoms with van der Waals surface area (Å²) in [5, 5.41) is 6.80. The van der Waals surface area contributed by atoms with Crippen LogP contribution in [0.1, 0.15) is 5.69 Å². The van der Waals surface area contributed by atoms with Crippen molar-refractivity contribution in [2.45, 2.75) is 13.0 Å². The van der Waals surface area contributed by atoms with Crippen molar-refractivity contribution in [2.24, 2.45) is 0 Å². The van der Waals surface area contributed by atoms with Gasteiger partial charge in [0, 0.05) is 24.9 Å². The zero-order chi connectivity index (χ0) is 7.68. The fourth-order valence-electron chi connectivity index (χ4n) is 1.24. The smallest absolute Gasteiger partial charge is 0.241 e. The van der Waals surface area contributed by atoms with Crippen molar-refractivity contribution in [3.63, 3.8) is 0 Å². The second-order valence-corrected chi connectivity index (χ2v) is 2.58. The van der Waals surface area contributed by atoms with Crippen LogP contribution in [0, 0.1) is 0 Å². The number of hydrogen-bond donors (Lipinski definition) is 1. The maximum atomic E-state index is 11.0. The highest BCUT2D eigenvalue weighted by atomic mass is 16.2. The van der Waals surface area contributed by atoms with Crippen LogP contribution in [0.5, 0.6) is 0 Å². The summed E-state index contributed by atoms with van der Waals surface area (Å²) in [4.78, 5) is 11.0. The standard InChI is InChI=1S/C7H9N3O/c11-7-5-10-6(1-3-8-7)2-4-9-10/h2,4H,1,3,5H2,(H,8,11). The molecule has 1 aromatic rings. The molecule has 0 saturated carbocycles. The maximum absolute atomic E-state index is 11.0. The lowest BCUT2D eigenvalue weighted by Crippen LogP contribution is -2.25. The second kappa shape index (κ2) is 2.38. The molecule has 1 amide bonds. The van der Waals surface area contributed by atoms with E-state index in [9.17, 15) is 4.79 Å². The summed E-state index contributed by atoms with van der Waals surface area (Å²) in [6.45, 7) is 1.09. The molecule has 1 aliphatic rings. The summed E-state index contributed by atoms with van der Waals surface area (Å²) >= 11 is 0. The Morgan fingerprint density at radius 2 is 2.55 bits per heavy atom. The monoisotopic (exact) mass is 151 g/mol. The predicted molar refractivity (Wildman–Crippen MR) is 38.9 cm³/mol. The van der Waals surface area contributed by atoms with E-state index in [1.165, 1.54) is 0 Å². The molecule has 2 rings (SSSR count). The third-order valence-electron chi connectivity index (χ3n) is 1.80. The lowest BCUT2D eigenvalue weighted by atomic mass is 10.3. The number of carbonyl (C=O) groups is 1. The van der Waals surface area contributed by atoms with E-state index in [-0.39, 0.29) is 5.91 Å². The van der Waals surface area contributed by atoms with E-state index >= 15 is 0 Å². The Balaban J connectivity index is 2.32. The molecule has 0 atom stereocenters. The highest BCUT2D eigenvalue weighted by Crippen LogP contribution is 2.01. The highest BCUT2D eigenvalue weighted by Gasteiger charge is 2.11. The third kappa shape index (κ3) is 1.11. The van der Waals surface area contributed by atoms with Gasteiger partial charge in [0.05, 0.1) is 0 Å². The Hall–Kier alpha value is -1.32. The van der Waals surface area contributed by atoms with Gasteiger partial charge in [0.2, 0.25) is 5.91 Å². The van der Waals surface area contributed by atoms with Crippen molar-refractivity contribution in [3.8, 4) is 0 Å². The molecule has 0 bridgehead atoms. The molecule has 0 spiro atoms. The first-order valence-electron chi connectivity index (χ1n) is 3.63. The van der Waals surface area contributed by atoms with Crippen LogP contribution in [-0.4, -0.2) is 22.2 Å². The Labute approximate surface area is 64.2 Å². The number of fused-ring (bicyclic) bond motifs is 1. The van der Waals surface area contributed by atoms with Crippen molar-refractivity contribution < 1.29 is 4.79 Å². The lowest BCUT2D eigenvalue weighted by Gasteiger charge is -1.97. The quantitative estimate of drug-likeness (QED) is 0.546. The molecule has 0 aromatic carbocycles. The van der Waals surface area contributed by atoms with Crippen LogP contribution in [0.4, 0.5) is 0 Å². The number of aromatic nitrogens is 2. The summed E-state index contributed by atoms with van der Waals surface area (Å²) in [5.74, 6) is 0.0486. The first-order chi connectivity index (χ1) is 5.36. The van der Waals surface area contributed by atoms with E-state index in [2.05, 4.69) is 10.4 Å². The fourth-order valence-corrected chi connectivity index (χ4v) is 1.24. The molecular formula is C7H9N3O. The van der Waals surface area contributed by atoms with Gasteiger partial charge in [-0.25, -0.2) is 0 Å². The van der Waals surface area contributed by atoms with Crippen LogP contribution >= 0.6 is 0 Å². The molecule has 1 N–H and O–H groups in total. The minimum absolute atomic E-state index is 0.0486. The van der Waals surface area contributed by atoms with Crippen molar-refractivity contribution in [3.05, 3.63) is 18.0 Å². The van der Waals surface area contributed by atoms with E-state index in [0.29, 0.717) is 6.54 Å². The van der Waals surface area contributed by atoms with Gasteiger partial charge in [-0.3, -0.25) is 9.48 Å². The summed E-state index contributed by atoms with van der Waals surface area (Å²) in [7, 11) is 0. The van der Waals surface area contributed by atoms with Gasteiger partial charge in [-0.1, -0.05) is 0 Å². The molecule has 11 heavy (non-hydrogen) atoms. The van der Waals surface area contributed by atoms with Crippen LogP contribution in [0.2, 0.25) is 0 Å². The van der Waals surface area contributed by atoms with E-state index < -0.39 is 0 Å². The van der Waals surface area contributed by atoms with Gasteiger partial charge in [0.1, 0.15) is 6.54 Å². The van der Waals surface area contributed by atoms with Gasteiger partial charge in [-0.15, -0.1) is 0 Å². The molecule has 0 fully saturated rings. The van der Waals surface area contributed by atoms with Crippen LogP contribution in [0.3, 0.4) is 0 Å². The van der Waals surface area contributed by atoms with Crippen molar-refractivity contribution >= 4 is 5.91 Å². The summed E-state index contributed by atoms with van der Waals surface area (Å²) in [6, 6.07) is 1.94. The average Bonchev–Trinajstić information content (AvgIpc) is 2.31. The molecule has 58 valence electrons. The molecular weight excluding hydrogens is 142 g/mol. The Kier molecular flexibility index (Phi) is 1.38. The van der Waals surface area contributed by atoms with Gasteiger partial charge >= 0.3 is 0 Å². The molecule has 2 heterocycles. The largest absolute Gasteiger partial charge is 0.354 e. The number of amides is 1. The number of nitrogens with zero attached hydrogens (tertiary/aromatic N) is 2. The third-order valence-corrected chi connectivity index (χ3v) is 1.80. The topological polar surface area (TPSA) is 46.9 Å². The molecule has 0 aliphatic carbocycles.